The minimum atomic E-state index is -3.62. The smallest absolute Gasteiger partial charge is 0.267 e. The number of halogens is 2. The third kappa shape index (κ3) is 5.17. The van der Waals surface area contributed by atoms with Crippen molar-refractivity contribution in [3.05, 3.63) is 63.6 Å². The van der Waals surface area contributed by atoms with Crippen molar-refractivity contribution in [3.8, 4) is 0 Å². The van der Waals surface area contributed by atoms with Crippen LogP contribution in [0.5, 0.6) is 0 Å². The highest BCUT2D eigenvalue weighted by Gasteiger charge is 2.26. The predicted octanol–water partition coefficient (Wildman–Crippen LogP) is 4.32. The highest BCUT2D eigenvalue weighted by Crippen LogP contribution is 2.22. The first-order chi connectivity index (χ1) is 13.8. The van der Waals surface area contributed by atoms with E-state index in [1.807, 2.05) is 0 Å². The number of sulfonamides is 1. The maximum absolute atomic E-state index is 12.8. The van der Waals surface area contributed by atoms with Crippen molar-refractivity contribution in [2.75, 3.05) is 13.1 Å². The van der Waals surface area contributed by atoms with Gasteiger partial charge < -0.3 is 0 Å². The van der Waals surface area contributed by atoms with E-state index in [1.165, 1.54) is 16.4 Å². The molecule has 1 heterocycles. The number of carbonyl (C=O) groups is 1. The van der Waals surface area contributed by atoms with Crippen LogP contribution in [0.1, 0.15) is 42.1 Å². The lowest BCUT2D eigenvalue weighted by molar-refractivity contribution is 0.0954. The van der Waals surface area contributed by atoms with Crippen LogP contribution < -0.4 is 5.43 Å². The Bertz CT molecular complexity index is 1050. The minimum absolute atomic E-state index is 0.102. The molecule has 1 N–H and O–H groups in total. The standard InChI is InChI=1S/C20H21Cl2N3O3S/c1-14(18-13-16(21)8-9-19(18)22)23-24-20(26)15-6-5-7-17(12-15)29(27,28)25-10-3-2-4-11-25/h5-9,12-13H,2-4,10-11H2,1H3,(H,24,26)/b23-14+. The average molecular weight is 454 g/mol. The van der Waals surface area contributed by atoms with E-state index in [9.17, 15) is 13.2 Å². The summed E-state index contributed by atoms with van der Waals surface area (Å²) >= 11 is 12.1. The predicted molar refractivity (Wildman–Crippen MR) is 115 cm³/mol. The first kappa shape index (κ1) is 21.8. The highest BCUT2D eigenvalue weighted by atomic mass is 35.5. The Morgan fingerprint density at radius 2 is 1.79 bits per heavy atom. The van der Waals surface area contributed by atoms with Crippen LogP contribution in [0.15, 0.2) is 52.5 Å². The van der Waals surface area contributed by atoms with Crippen molar-refractivity contribution >= 4 is 44.8 Å². The quantitative estimate of drug-likeness (QED) is 0.540. The van der Waals surface area contributed by atoms with Crippen molar-refractivity contribution in [3.63, 3.8) is 0 Å². The summed E-state index contributed by atoms with van der Waals surface area (Å²) in [5.41, 5.74) is 3.72. The van der Waals surface area contributed by atoms with Crippen LogP contribution in [0.3, 0.4) is 0 Å². The molecule has 0 radical (unpaired) electrons. The first-order valence-electron chi connectivity index (χ1n) is 9.19. The van der Waals surface area contributed by atoms with Crippen LogP contribution in [-0.2, 0) is 10.0 Å². The zero-order valence-corrected chi connectivity index (χ0v) is 18.2. The van der Waals surface area contributed by atoms with E-state index in [1.54, 1.807) is 37.3 Å². The Morgan fingerprint density at radius 3 is 2.52 bits per heavy atom. The van der Waals surface area contributed by atoms with E-state index in [4.69, 9.17) is 23.2 Å². The number of hydrazone groups is 1. The second-order valence-corrected chi connectivity index (χ2v) is 9.54. The summed E-state index contributed by atoms with van der Waals surface area (Å²) < 4.78 is 27.1. The fraction of sp³-hybridized carbons (Fsp3) is 0.300. The molecule has 1 amide bonds. The van der Waals surface area contributed by atoms with Gasteiger partial charge in [-0.05, 0) is 56.2 Å². The number of hydrogen-bond donors (Lipinski definition) is 1. The molecule has 0 spiro atoms. The topological polar surface area (TPSA) is 78.8 Å². The Labute approximate surface area is 180 Å². The summed E-state index contributed by atoms with van der Waals surface area (Å²) in [5, 5.41) is 5.03. The zero-order valence-electron chi connectivity index (χ0n) is 15.9. The molecule has 3 rings (SSSR count). The summed E-state index contributed by atoms with van der Waals surface area (Å²) in [4.78, 5) is 12.6. The fourth-order valence-corrected chi connectivity index (χ4v) is 5.08. The van der Waals surface area contributed by atoms with Crippen molar-refractivity contribution in [1.29, 1.82) is 0 Å². The van der Waals surface area contributed by atoms with Crippen LogP contribution in [0.2, 0.25) is 10.0 Å². The number of piperidine rings is 1. The number of rotatable bonds is 5. The van der Waals surface area contributed by atoms with Gasteiger partial charge in [0.05, 0.1) is 10.6 Å². The molecule has 1 aliphatic heterocycles. The molecule has 2 aromatic carbocycles. The SMILES string of the molecule is C/C(=N\NC(=O)c1cccc(S(=O)(=O)N2CCCCC2)c1)c1cc(Cl)ccc1Cl. The van der Waals surface area contributed by atoms with Gasteiger partial charge in [0.1, 0.15) is 0 Å². The molecule has 9 heteroatoms. The van der Waals surface area contributed by atoms with E-state index < -0.39 is 15.9 Å². The summed E-state index contributed by atoms with van der Waals surface area (Å²) in [6.45, 7) is 2.69. The van der Waals surface area contributed by atoms with Crippen LogP contribution in [0.4, 0.5) is 0 Å². The molecule has 0 aromatic heterocycles. The summed E-state index contributed by atoms with van der Waals surface area (Å²) in [5.74, 6) is -0.516. The van der Waals surface area contributed by atoms with Gasteiger partial charge in [0.25, 0.3) is 5.91 Å². The average Bonchev–Trinajstić information content (AvgIpc) is 2.74. The second kappa shape index (κ2) is 9.26. The molecule has 154 valence electrons. The Kier molecular flexibility index (Phi) is 6.95. The van der Waals surface area contributed by atoms with E-state index in [0.29, 0.717) is 34.4 Å². The van der Waals surface area contributed by atoms with Gasteiger partial charge >= 0.3 is 0 Å². The van der Waals surface area contributed by atoms with Gasteiger partial charge in [-0.2, -0.15) is 9.41 Å². The van der Waals surface area contributed by atoms with Crippen molar-refractivity contribution in [2.24, 2.45) is 5.10 Å². The lowest BCUT2D eigenvalue weighted by Gasteiger charge is -2.25. The third-order valence-corrected chi connectivity index (χ3v) is 7.15. The normalized spacial score (nSPS) is 15.9. The van der Waals surface area contributed by atoms with E-state index in [2.05, 4.69) is 10.5 Å². The van der Waals surface area contributed by atoms with Crippen molar-refractivity contribution in [2.45, 2.75) is 31.1 Å². The van der Waals surface area contributed by atoms with Crippen molar-refractivity contribution in [1.82, 2.24) is 9.73 Å². The largest absolute Gasteiger partial charge is 0.271 e. The summed E-state index contributed by atoms with van der Waals surface area (Å²) in [7, 11) is -3.62. The second-order valence-electron chi connectivity index (χ2n) is 6.75. The molecule has 0 aliphatic carbocycles. The molecule has 1 saturated heterocycles. The fourth-order valence-electron chi connectivity index (χ4n) is 3.09. The first-order valence-corrected chi connectivity index (χ1v) is 11.4. The van der Waals surface area contributed by atoms with Gasteiger partial charge in [-0.25, -0.2) is 13.8 Å². The molecule has 0 unspecified atom stereocenters. The van der Waals surface area contributed by atoms with Gasteiger partial charge in [0.2, 0.25) is 10.0 Å². The number of carbonyl (C=O) groups excluding carboxylic acids is 1. The molecule has 6 nitrogen and oxygen atoms in total. The molecule has 0 atom stereocenters. The van der Waals surface area contributed by atoms with Gasteiger partial charge in [-0.3, -0.25) is 4.79 Å². The lowest BCUT2D eigenvalue weighted by atomic mass is 10.1. The summed E-state index contributed by atoms with van der Waals surface area (Å²) in [6, 6.07) is 10.9. The van der Waals surface area contributed by atoms with Gasteiger partial charge in [0.15, 0.2) is 0 Å². The number of nitrogens with zero attached hydrogens (tertiary/aromatic N) is 2. The Balaban J connectivity index is 1.78. The van der Waals surface area contributed by atoms with E-state index in [-0.39, 0.29) is 10.5 Å². The van der Waals surface area contributed by atoms with Crippen LogP contribution in [-0.4, -0.2) is 37.4 Å². The number of nitrogens with one attached hydrogen (secondary N) is 1. The van der Waals surface area contributed by atoms with Crippen LogP contribution in [0, 0.1) is 0 Å². The van der Waals surface area contributed by atoms with Gasteiger partial charge in [-0.15, -0.1) is 0 Å². The van der Waals surface area contributed by atoms with Gasteiger partial charge in [0, 0.05) is 34.3 Å². The third-order valence-electron chi connectivity index (χ3n) is 4.69. The van der Waals surface area contributed by atoms with E-state index in [0.717, 1.165) is 19.3 Å². The molecular formula is C20H21Cl2N3O3S. The maximum atomic E-state index is 12.8. The molecule has 0 bridgehead atoms. The number of benzene rings is 2. The van der Waals surface area contributed by atoms with Crippen LogP contribution >= 0.6 is 23.2 Å². The minimum Gasteiger partial charge on any atom is -0.267 e. The molecular weight excluding hydrogens is 433 g/mol. The number of amides is 1. The lowest BCUT2D eigenvalue weighted by Crippen LogP contribution is -2.35. The highest BCUT2D eigenvalue weighted by molar-refractivity contribution is 7.89. The van der Waals surface area contributed by atoms with Crippen molar-refractivity contribution < 1.29 is 13.2 Å². The molecule has 1 fully saturated rings. The zero-order chi connectivity index (χ0) is 21.0. The molecule has 0 saturated carbocycles. The van der Waals surface area contributed by atoms with E-state index >= 15 is 0 Å². The Morgan fingerprint density at radius 1 is 1.07 bits per heavy atom. The number of hydrogen-bond acceptors (Lipinski definition) is 4. The molecule has 1 aliphatic rings. The Hall–Kier alpha value is -1.93. The van der Waals surface area contributed by atoms with Gasteiger partial charge in [-0.1, -0.05) is 35.7 Å². The van der Waals surface area contributed by atoms with Crippen LogP contribution in [0.25, 0.3) is 0 Å². The molecule has 29 heavy (non-hydrogen) atoms. The maximum Gasteiger partial charge on any atom is 0.271 e. The monoisotopic (exact) mass is 453 g/mol. The molecule has 2 aromatic rings. The summed E-state index contributed by atoms with van der Waals surface area (Å²) in [6.07, 6.45) is 2.72.